The van der Waals surface area contributed by atoms with E-state index in [9.17, 15) is 10.2 Å². The first-order valence-electron chi connectivity index (χ1n) is 13.1. The second kappa shape index (κ2) is 12.3. The Morgan fingerprint density at radius 1 is 0.718 bits per heavy atom. The number of fused-ring (bicyclic) bond motifs is 1. The van der Waals surface area contributed by atoms with Crippen molar-refractivity contribution in [1.29, 1.82) is 0 Å². The molecule has 0 fully saturated rings. The molecular formula is C33H32N4O2. The van der Waals surface area contributed by atoms with Crippen LogP contribution in [0.15, 0.2) is 125 Å². The molecule has 6 heteroatoms. The summed E-state index contributed by atoms with van der Waals surface area (Å²) >= 11 is 0. The second-order valence-electron chi connectivity index (χ2n) is 9.29. The second-order valence-corrected chi connectivity index (χ2v) is 9.29. The third kappa shape index (κ3) is 6.14. The largest absolute Gasteiger partial charge is 0.395 e. The van der Waals surface area contributed by atoms with E-state index < -0.39 is 0 Å². The smallest absolute Gasteiger partial charge is 0.0873 e. The molecular weight excluding hydrogens is 484 g/mol. The standard InChI is InChI=1S/C33H32N4O2/c1-24-22-31(34-25-10-4-2-5-11-25)28-14-8-9-15-29(28)33(24)36-30-17-16-27(37(18-20-38)19-21-39)23-32(30)35-26-12-6-3-7-13-26/h2-17,22-23,35,38-39H,18-21H2,1H3. The quantitative estimate of drug-likeness (QED) is 0.240. The number of nitrogens with one attached hydrogen (secondary N) is 1. The van der Waals surface area contributed by atoms with Crippen molar-refractivity contribution in [3.05, 3.63) is 126 Å². The fourth-order valence-electron chi connectivity index (χ4n) is 4.69. The summed E-state index contributed by atoms with van der Waals surface area (Å²) in [6.07, 6.45) is 2.09. The summed E-state index contributed by atoms with van der Waals surface area (Å²) in [5, 5.41) is 22.6. The van der Waals surface area contributed by atoms with Crippen LogP contribution in [0.25, 0.3) is 0 Å². The predicted molar refractivity (Wildman–Crippen MR) is 162 cm³/mol. The van der Waals surface area contributed by atoms with E-state index in [0.29, 0.717) is 13.1 Å². The minimum absolute atomic E-state index is 0.000852. The number of hydrogen-bond donors (Lipinski definition) is 3. The molecule has 3 N–H and O–H groups in total. The summed E-state index contributed by atoms with van der Waals surface area (Å²) in [6, 6.07) is 34.2. The van der Waals surface area contributed by atoms with Gasteiger partial charge >= 0.3 is 0 Å². The highest BCUT2D eigenvalue weighted by Crippen LogP contribution is 2.35. The number of aliphatic imine (C=N–C) groups is 2. The lowest BCUT2D eigenvalue weighted by Gasteiger charge is -2.24. The minimum atomic E-state index is -0.000852. The molecule has 0 amide bonds. The molecule has 0 radical (unpaired) electrons. The zero-order valence-electron chi connectivity index (χ0n) is 22.0. The van der Waals surface area contributed by atoms with Gasteiger partial charge in [-0.3, -0.25) is 0 Å². The number of para-hydroxylation sites is 2. The molecule has 4 aromatic carbocycles. The van der Waals surface area contributed by atoms with Crippen molar-refractivity contribution >= 4 is 39.9 Å². The maximum atomic E-state index is 9.56. The fraction of sp³-hybridized carbons (Fsp3) is 0.152. The number of rotatable bonds is 9. The maximum Gasteiger partial charge on any atom is 0.0873 e. The van der Waals surface area contributed by atoms with Crippen molar-refractivity contribution in [2.75, 3.05) is 36.5 Å². The van der Waals surface area contributed by atoms with Gasteiger partial charge in [0, 0.05) is 35.6 Å². The number of aliphatic hydroxyl groups is 2. The Bertz CT molecular complexity index is 1510. The Labute approximate surface area is 229 Å². The van der Waals surface area contributed by atoms with Crippen molar-refractivity contribution in [1.82, 2.24) is 0 Å². The highest BCUT2D eigenvalue weighted by molar-refractivity contribution is 6.28. The zero-order chi connectivity index (χ0) is 27.0. The van der Waals surface area contributed by atoms with Gasteiger partial charge in [0.2, 0.25) is 0 Å². The van der Waals surface area contributed by atoms with Crippen LogP contribution in [0.4, 0.5) is 28.4 Å². The molecule has 1 aliphatic rings. The van der Waals surface area contributed by atoms with Crippen LogP contribution < -0.4 is 10.2 Å². The molecule has 0 aromatic heterocycles. The molecule has 196 valence electrons. The van der Waals surface area contributed by atoms with Crippen LogP contribution in [0.1, 0.15) is 18.1 Å². The molecule has 4 aromatic rings. The monoisotopic (exact) mass is 516 g/mol. The van der Waals surface area contributed by atoms with Gasteiger partial charge in [0.15, 0.2) is 0 Å². The zero-order valence-corrected chi connectivity index (χ0v) is 22.0. The van der Waals surface area contributed by atoms with Crippen molar-refractivity contribution in [3.63, 3.8) is 0 Å². The van der Waals surface area contributed by atoms with Crippen LogP contribution in [0, 0.1) is 0 Å². The number of anilines is 3. The highest BCUT2D eigenvalue weighted by atomic mass is 16.3. The van der Waals surface area contributed by atoms with E-state index in [0.717, 1.165) is 56.6 Å². The lowest BCUT2D eigenvalue weighted by Crippen LogP contribution is -2.29. The van der Waals surface area contributed by atoms with Crippen LogP contribution in [0.5, 0.6) is 0 Å². The molecule has 0 saturated carbocycles. The van der Waals surface area contributed by atoms with Crippen LogP contribution in [0.2, 0.25) is 0 Å². The summed E-state index contributed by atoms with van der Waals surface area (Å²) in [4.78, 5) is 12.1. The first-order chi connectivity index (χ1) is 19.2. The topological polar surface area (TPSA) is 80.5 Å². The van der Waals surface area contributed by atoms with Gasteiger partial charge in [-0.15, -0.1) is 0 Å². The van der Waals surface area contributed by atoms with Crippen molar-refractivity contribution < 1.29 is 10.2 Å². The van der Waals surface area contributed by atoms with Gasteiger partial charge in [-0.05, 0) is 61.0 Å². The minimum Gasteiger partial charge on any atom is -0.395 e. The first-order valence-corrected chi connectivity index (χ1v) is 13.1. The summed E-state index contributed by atoms with van der Waals surface area (Å²) < 4.78 is 0. The van der Waals surface area contributed by atoms with Crippen LogP contribution >= 0.6 is 0 Å². The first kappa shape index (κ1) is 26.1. The molecule has 0 bridgehead atoms. The Morgan fingerprint density at radius 2 is 1.36 bits per heavy atom. The Morgan fingerprint density at radius 3 is 2.05 bits per heavy atom. The number of allylic oxidation sites excluding steroid dienone is 2. The van der Waals surface area contributed by atoms with Crippen molar-refractivity contribution in [2.45, 2.75) is 6.92 Å². The molecule has 1 aliphatic carbocycles. The Hall–Kier alpha value is -4.52. The van der Waals surface area contributed by atoms with Gasteiger partial charge in [-0.2, -0.15) is 0 Å². The third-order valence-electron chi connectivity index (χ3n) is 6.56. The van der Waals surface area contributed by atoms with Crippen molar-refractivity contribution in [3.8, 4) is 0 Å². The van der Waals surface area contributed by atoms with E-state index in [1.54, 1.807) is 0 Å². The lowest BCUT2D eigenvalue weighted by atomic mass is 9.89. The summed E-state index contributed by atoms with van der Waals surface area (Å²) in [6.45, 7) is 2.92. The van der Waals surface area contributed by atoms with Gasteiger partial charge in [0.05, 0.1) is 41.7 Å². The summed E-state index contributed by atoms with van der Waals surface area (Å²) in [5.41, 5.74) is 9.28. The number of nitrogens with zero attached hydrogens (tertiary/aromatic N) is 3. The average Bonchev–Trinajstić information content (AvgIpc) is 2.97. The normalized spacial score (nSPS) is 14.7. The molecule has 5 rings (SSSR count). The van der Waals surface area contributed by atoms with E-state index in [2.05, 4.69) is 30.4 Å². The Balaban J connectivity index is 1.60. The van der Waals surface area contributed by atoms with Crippen LogP contribution in [0.3, 0.4) is 0 Å². The van der Waals surface area contributed by atoms with Gasteiger partial charge < -0.3 is 20.4 Å². The Kier molecular flexibility index (Phi) is 8.26. The van der Waals surface area contributed by atoms with Gasteiger partial charge in [-0.25, -0.2) is 9.98 Å². The lowest BCUT2D eigenvalue weighted by molar-refractivity contribution is 0.281. The number of benzene rings is 4. The van der Waals surface area contributed by atoms with E-state index in [4.69, 9.17) is 9.98 Å². The van der Waals surface area contributed by atoms with Crippen LogP contribution in [-0.2, 0) is 0 Å². The number of aliphatic hydroxyl groups excluding tert-OH is 2. The number of hydrogen-bond acceptors (Lipinski definition) is 6. The van der Waals surface area contributed by atoms with E-state index >= 15 is 0 Å². The van der Waals surface area contributed by atoms with Gasteiger partial charge in [0.1, 0.15) is 0 Å². The molecule has 0 aliphatic heterocycles. The van der Waals surface area contributed by atoms with E-state index in [-0.39, 0.29) is 13.2 Å². The molecule has 0 unspecified atom stereocenters. The average molecular weight is 517 g/mol. The van der Waals surface area contributed by atoms with E-state index in [1.165, 1.54) is 0 Å². The highest BCUT2D eigenvalue weighted by Gasteiger charge is 2.21. The molecule has 39 heavy (non-hydrogen) atoms. The van der Waals surface area contributed by atoms with Crippen molar-refractivity contribution in [2.24, 2.45) is 9.98 Å². The summed E-state index contributed by atoms with van der Waals surface area (Å²) in [7, 11) is 0. The third-order valence-corrected chi connectivity index (χ3v) is 6.56. The molecule has 0 heterocycles. The van der Waals surface area contributed by atoms with Gasteiger partial charge in [0.25, 0.3) is 0 Å². The predicted octanol–water partition coefficient (Wildman–Crippen LogP) is 6.42. The van der Waals surface area contributed by atoms with E-state index in [1.807, 2.05) is 95.9 Å². The van der Waals surface area contributed by atoms with Gasteiger partial charge in [-0.1, -0.05) is 60.7 Å². The van der Waals surface area contributed by atoms with Crippen LogP contribution in [-0.4, -0.2) is 47.9 Å². The fourth-order valence-corrected chi connectivity index (χ4v) is 4.69. The molecule has 6 nitrogen and oxygen atoms in total. The molecule has 0 spiro atoms. The molecule has 0 atom stereocenters. The maximum absolute atomic E-state index is 9.56. The molecule has 0 saturated heterocycles. The summed E-state index contributed by atoms with van der Waals surface area (Å²) in [5.74, 6) is 0. The SMILES string of the molecule is CC1=CC(=Nc2ccccc2)c2ccccc2C1=Nc1ccc(N(CCO)CCO)cc1Nc1ccccc1.